The lowest BCUT2D eigenvalue weighted by Gasteiger charge is -2.36. The minimum atomic E-state index is -0.368. The highest BCUT2D eigenvalue weighted by Crippen LogP contribution is 2.27. The maximum Gasteiger partial charge on any atom is 0.327 e. The zero-order chi connectivity index (χ0) is 20.4. The fourth-order valence-electron chi connectivity index (χ4n) is 4.54. The molecule has 3 amide bonds. The van der Waals surface area contributed by atoms with Crippen LogP contribution >= 0.6 is 0 Å². The molecule has 0 aromatic heterocycles. The molecule has 1 aromatic carbocycles. The van der Waals surface area contributed by atoms with Gasteiger partial charge in [-0.2, -0.15) is 0 Å². The second kappa shape index (κ2) is 8.36. The van der Waals surface area contributed by atoms with E-state index in [1.54, 1.807) is 17.0 Å². The first-order chi connectivity index (χ1) is 14.0. The van der Waals surface area contributed by atoms with E-state index in [0.717, 1.165) is 64.1 Å². The Kier molecular flexibility index (Phi) is 5.66. The highest BCUT2D eigenvalue weighted by atomic mass is 16.6. The van der Waals surface area contributed by atoms with Crippen LogP contribution in [0.2, 0.25) is 0 Å². The molecule has 156 valence electrons. The van der Waals surface area contributed by atoms with Crippen molar-refractivity contribution in [3.05, 3.63) is 34.4 Å². The van der Waals surface area contributed by atoms with E-state index in [4.69, 9.17) is 0 Å². The number of carbonyl (C=O) groups excluding carboxylic acids is 2. The molecule has 1 atom stereocenters. The Hall–Kier alpha value is -2.68. The summed E-state index contributed by atoms with van der Waals surface area (Å²) in [6.45, 7) is 5.35. The number of nitrogens with zero attached hydrogens (tertiary/aromatic N) is 5. The molecule has 0 saturated carbocycles. The van der Waals surface area contributed by atoms with E-state index in [1.165, 1.54) is 11.0 Å². The monoisotopic (exact) mass is 401 g/mol. The number of hydrogen-bond acceptors (Lipinski definition) is 6. The van der Waals surface area contributed by atoms with Gasteiger partial charge in [0, 0.05) is 57.1 Å². The van der Waals surface area contributed by atoms with Crippen LogP contribution in [0.5, 0.6) is 0 Å². The lowest BCUT2D eigenvalue weighted by Crippen LogP contribution is -2.47. The molecule has 9 nitrogen and oxygen atoms in total. The zero-order valence-electron chi connectivity index (χ0n) is 16.5. The Bertz CT molecular complexity index is 769. The molecular formula is C20H27N5O4. The molecule has 3 fully saturated rings. The lowest BCUT2D eigenvalue weighted by atomic mass is 10.0. The number of carbonyl (C=O) groups is 2. The number of non-ortho nitro benzene ring substituents is 1. The van der Waals surface area contributed by atoms with Crippen LogP contribution in [-0.4, -0.2) is 83.4 Å². The smallest absolute Gasteiger partial charge is 0.327 e. The summed E-state index contributed by atoms with van der Waals surface area (Å²) in [5.41, 5.74) is 0.991. The number of rotatable bonds is 6. The second-order valence-electron chi connectivity index (χ2n) is 7.94. The minimum absolute atomic E-state index is 0.0230. The van der Waals surface area contributed by atoms with Crippen LogP contribution in [0.25, 0.3) is 0 Å². The summed E-state index contributed by atoms with van der Waals surface area (Å²) in [5.74, 6) is -0.0230. The van der Waals surface area contributed by atoms with Gasteiger partial charge in [-0.3, -0.25) is 24.7 Å². The molecule has 29 heavy (non-hydrogen) atoms. The molecule has 0 radical (unpaired) electrons. The first kappa shape index (κ1) is 19.6. The van der Waals surface area contributed by atoms with E-state index in [1.807, 2.05) is 6.07 Å². The summed E-state index contributed by atoms with van der Waals surface area (Å²) in [6.07, 6.45) is 3.57. The quantitative estimate of drug-likeness (QED) is 0.411. The number of anilines is 1. The predicted octanol–water partition coefficient (Wildman–Crippen LogP) is 1.92. The summed E-state index contributed by atoms with van der Waals surface area (Å²) < 4.78 is 0. The molecule has 0 aliphatic carbocycles. The molecule has 3 aliphatic heterocycles. The van der Waals surface area contributed by atoms with Gasteiger partial charge in [0.05, 0.1) is 4.92 Å². The highest BCUT2D eigenvalue weighted by Gasteiger charge is 2.45. The van der Waals surface area contributed by atoms with Crippen LogP contribution in [0.15, 0.2) is 24.3 Å². The lowest BCUT2D eigenvalue weighted by molar-refractivity contribution is -0.384. The molecule has 1 aromatic rings. The van der Waals surface area contributed by atoms with E-state index in [0.29, 0.717) is 13.1 Å². The summed E-state index contributed by atoms with van der Waals surface area (Å²) in [7, 11) is 0. The van der Waals surface area contributed by atoms with Gasteiger partial charge in [-0.1, -0.05) is 6.07 Å². The molecule has 1 unspecified atom stereocenters. The number of hydrogen-bond donors (Lipinski definition) is 0. The van der Waals surface area contributed by atoms with Gasteiger partial charge in [0.15, 0.2) is 0 Å². The van der Waals surface area contributed by atoms with Gasteiger partial charge in [-0.05, 0) is 38.3 Å². The molecule has 4 rings (SSSR count). The van der Waals surface area contributed by atoms with Gasteiger partial charge >= 0.3 is 6.03 Å². The number of piperidine rings is 1. The SMILES string of the molecule is O=C1C2CCCCN2C(=O)N1CCCN1CCN(c2cccc([N+](=O)[O-])c2)CC1. The predicted molar refractivity (Wildman–Crippen MR) is 108 cm³/mol. The molecule has 0 spiro atoms. The molecule has 0 bridgehead atoms. The zero-order valence-corrected chi connectivity index (χ0v) is 16.5. The van der Waals surface area contributed by atoms with Gasteiger partial charge in [0.2, 0.25) is 0 Å². The van der Waals surface area contributed by atoms with E-state index in [-0.39, 0.29) is 28.6 Å². The van der Waals surface area contributed by atoms with E-state index < -0.39 is 0 Å². The van der Waals surface area contributed by atoms with E-state index >= 15 is 0 Å². The third kappa shape index (κ3) is 4.05. The Morgan fingerprint density at radius 1 is 1.03 bits per heavy atom. The van der Waals surface area contributed by atoms with Crippen molar-refractivity contribution in [1.29, 1.82) is 0 Å². The van der Waals surface area contributed by atoms with Gasteiger partial charge in [-0.25, -0.2) is 4.79 Å². The highest BCUT2D eigenvalue weighted by molar-refractivity contribution is 6.04. The van der Waals surface area contributed by atoms with E-state index in [2.05, 4.69) is 9.80 Å². The third-order valence-corrected chi connectivity index (χ3v) is 6.16. The number of nitro benzene ring substituents is 1. The number of amides is 3. The summed E-state index contributed by atoms with van der Waals surface area (Å²) in [6, 6.07) is 6.41. The van der Waals surface area contributed by atoms with Crippen molar-refractivity contribution in [2.45, 2.75) is 31.7 Å². The summed E-state index contributed by atoms with van der Waals surface area (Å²) >= 11 is 0. The standard InChI is InChI=1S/C20H27N5O4/c26-19-18-7-1-2-9-23(18)20(27)24(19)10-4-8-21-11-13-22(14-12-21)16-5-3-6-17(15-16)25(28)29/h3,5-6,15,18H,1-2,4,7-14H2. The fourth-order valence-corrected chi connectivity index (χ4v) is 4.54. The third-order valence-electron chi connectivity index (χ3n) is 6.16. The number of nitro groups is 1. The Labute approximate surface area is 170 Å². The van der Waals surface area contributed by atoms with Gasteiger partial charge in [0.1, 0.15) is 6.04 Å². The van der Waals surface area contributed by atoms with Gasteiger partial charge < -0.3 is 9.80 Å². The first-order valence-corrected chi connectivity index (χ1v) is 10.4. The average Bonchev–Trinajstić information content (AvgIpc) is 2.99. The number of benzene rings is 1. The van der Waals surface area contributed by atoms with Crippen LogP contribution in [0.4, 0.5) is 16.2 Å². The fraction of sp³-hybridized carbons (Fsp3) is 0.600. The van der Waals surface area contributed by atoms with Crippen LogP contribution in [0.3, 0.4) is 0 Å². The number of urea groups is 1. The Balaban J connectivity index is 1.23. The Morgan fingerprint density at radius 2 is 1.83 bits per heavy atom. The summed E-state index contributed by atoms with van der Waals surface area (Å²) in [4.78, 5) is 43.2. The first-order valence-electron chi connectivity index (χ1n) is 10.4. The van der Waals surface area contributed by atoms with Crippen molar-refractivity contribution < 1.29 is 14.5 Å². The average molecular weight is 401 g/mol. The normalized spacial score (nSPS) is 22.9. The number of imide groups is 1. The molecule has 3 saturated heterocycles. The van der Waals surface area contributed by atoms with Gasteiger partial charge in [-0.15, -0.1) is 0 Å². The molecular weight excluding hydrogens is 374 g/mol. The maximum absolute atomic E-state index is 12.5. The largest absolute Gasteiger partial charge is 0.369 e. The van der Waals surface area contributed by atoms with Crippen LogP contribution in [0, 0.1) is 10.1 Å². The second-order valence-corrected chi connectivity index (χ2v) is 7.94. The molecule has 0 N–H and O–H groups in total. The molecule has 3 heterocycles. The van der Waals surface area contributed by atoms with Crippen LogP contribution in [-0.2, 0) is 4.79 Å². The minimum Gasteiger partial charge on any atom is -0.369 e. The van der Waals surface area contributed by atoms with Crippen molar-refractivity contribution in [3.63, 3.8) is 0 Å². The number of piperazine rings is 1. The van der Waals surface area contributed by atoms with Gasteiger partial charge in [0.25, 0.3) is 11.6 Å². The van der Waals surface area contributed by atoms with Crippen molar-refractivity contribution in [2.75, 3.05) is 50.7 Å². The van der Waals surface area contributed by atoms with Crippen LogP contribution < -0.4 is 4.90 Å². The maximum atomic E-state index is 12.5. The Morgan fingerprint density at radius 3 is 2.55 bits per heavy atom. The van der Waals surface area contributed by atoms with Crippen molar-refractivity contribution in [1.82, 2.24) is 14.7 Å². The summed E-state index contributed by atoms with van der Waals surface area (Å²) in [5, 5.41) is 11.0. The van der Waals surface area contributed by atoms with Crippen molar-refractivity contribution >= 4 is 23.3 Å². The van der Waals surface area contributed by atoms with Crippen molar-refractivity contribution in [3.8, 4) is 0 Å². The topological polar surface area (TPSA) is 90.2 Å². The van der Waals surface area contributed by atoms with Crippen LogP contribution in [0.1, 0.15) is 25.7 Å². The van der Waals surface area contributed by atoms with E-state index in [9.17, 15) is 19.7 Å². The number of fused-ring (bicyclic) bond motifs is 1. The molecule has 3 aliphatic rings. The molecule has 9 heteroatoms. The van der Waals surface area contributed by atoms with Crippen molar-refractivity contribution in [2.24, 2.45) is 0 Å².